The predicted octanol–water partition coefficient (Wildman–Crippen LogP) is 1.54. The number of ether oxygens (including phenoxy) is 2. The quantitative estimate of drug-likeness (QED) is 0.894. The van der Waals surface area contributed by atoms with Gasteiger partial charge in [-0.1, -0.05) is 0 Å². The molecule has 0 aliphatic carbocycles. The largest absolute Gasteiger partial charge is 0.490 e. The number of amides is 1. The van der Waals surface area contributed by atoms with Crippen LogP contribution < -0.4 is 9.47 Å². The van der Waals surface area contributed by atoms with Gasteiger partial charge in [-0.25, -0.2) is 4.79 Å². The summed E-state index contributed by atoms with van der Waals surface area (Å²) < 4.78 is 11.1. The van der Waals surface area contributed by atoms with Crippen molar-refractivity contribution in [3.63, 3.8) is 0 Å². The van der Waals surface area contributed by atoms with Crippen molar-refractivity contribution >= 4 is 11.9 Å². The highest BCUT2D eigenvalue weighted by atomic mass is 16.5. The number of benzene rings is 1. The molecule has 6 heteroatoms. The van der Waals surface area contributed by atoms with Crippen molar-refractivity contribution in [3.8, 4) is 11.5 Å². The number of carbonyl (C=O) groups is 2. The Balaban J connectivity index is 1.85. The molecule has 2 heterocycles. The molecule has 1 fully saturated rings. The van der Waals surface area contributed by atoms with E-state index in [9.17, 15) is 14.7 Å². The van der Waals surface area contributed by atoms with Crippen LogP contribution in [0.2, 0.25) is 0 Å². The van der Waals surface area contributed by atoms with Crippen molar-refractivity contribution in [2.45, 2.75) is 25.3 Å². The number of nitrogens with zero attached hydrogens (tertiary/aromatic N) is 1. The number of carboxylic acids is 1. The Morgan fingerprint density at radius 3 is 2.67 bits per heavy atom. The Morgan fingerprint density at radius 2 is 1.90 bits per heavy atom. The Hall–Kier alpha value is -2.24. The van der Waals surface area contributed by atoms with Crippen molar-refractivity contribution in [2.24, 2.45) is 0 Å². The van der Waals surface area contributed by atoms with Crippen molar-refractivity contribution in [3.05, 3.63) is 23.8 Å². The molecule has 1 saturated heterocycles. The normalized spacial score (nSPS) is 21.0. The summed E-state index contributed by atoms with van der Waals surface area (Å²) in [5, 5.41) is 9.17. The molecular formula is C15H17NO5. The van der Waals surface area contributed by atoms with Gasteiger partial charge >= 0.3 is 5.97 Å². The van der Waals surface area contributed by atoms with Gasteiger partial charge in [0.25, 0.3) is 5.91 Å². The summed E-state index contributed by atoms with van der Waals surface area (Å²) in [5.74, 6) is -0.0459. The molecule has 2 aliphatic heterocycles. The lowest BCUT2D eigenvalue weighted by Gasteiger charge is -2.21. The van der Waals surface area contributed by atoms with Crippen LogP contribution >= 0.6 is 0 Å². The van der Waals surface area contributed by atoms with Crippen LogP contribution in [0.25, 0.3) is 0 Å². The third-order valence-electron chi connectivity index (χ3n) is 3.79. The molecule has 0 spiro atoms. The van der Waals surface area contributed by atoms with Crippen molar-refractivity contribution in [1.82, 2.24) is 4.90 Å². The van der Waals surface area contributed by atoms with Crippen LogP contribution in [0.3, 0.4) is 0 Å². The second-order valence-electron chi connectivity index (χ2n) is 5.21. The number of carboxylic acid groups (broad SMARTS) is 1. The summed E-state index contributed by atoms with van der Waals surface area (Å²) in [7, 11) is 0. The highest BCUT2D eigenvalue weighted by Crippen LogP contribution is 2.31. The Bertz CT molecular complexity index is 571. The van der Waals surface area contributed by atoms with Crippen LogP contribution in [-0.2, 0) is 4.79 Å². The number of fused-ring (bicyclic) bond motifs is 1. The van der Waals surface area contributed by atoms with Crippen molar-refractivity contribution in [2.75, 3.05) is 19.8 Å². The Kier molecular flexibility index (Phi) is 3.68. The van der Waals surface area contributed by atoms with Crippen LogP contribution in [0.15, 0.2) is 18.2 Å². The van der Waals surface area contributed by atoms with Crippen LogP contribution in [-0.4, -0.2) is 47.7 Å². The average molecular weight is 291 g/mol. The molecule has 0 aromatic heterocycles. The molecule has 1 amide bonds. The first-order valence-electron chi connectivity index (χ1n) is 7.10. The Morgan fingerprint density at radius 1 is 1.14 bits per heavy atom. The van der Waals surface area contributed by atoms with E-state index in [1.807, 2.05) is 0 Å². The van der Waals surface area contributed by atoms with Gasteiger partial charge in [-0.05, 0) is 31.0 Å². The lowest BCUT2D eigenvalue weighted by atomic mass is 10.1. The smallest absolute Gasteiger partial charge is 0.326 e. The summed E-state index contributed by atoms with van der Waals surface area (Å²) in [6, 6.07) is 4.28. The zero-order valence-electron chi connectivity index (χ0n) is 11.6. The standard InChI is InChI=1S/C15H17NO5/c17-14(16-6-1-3-11(16)15(18)19)10-4-5-12-13(9-10)21-8-2-7-20-12/h4-5,9,11H,1-3,6-8H2,(H,18,19)/t11-/m1/s1. The van der Waals surface area contributed by atoms with Gasteiger partial charge in [0.05, 0.1) is 13.2 Å². The number of rotatable bonds is 2. The average Bonchev–Trinajstić information content (AvgIpc) is 2.85. The number of likely N-dealkylation sites (tertiary alicyclic amines) is 1. The molecule has 1 N–H and O–H groups in total. The van der Waals surface area contributed by atoms with E-state index in [2.05, 4.69) is 0 Å². The fourth-order valence-corrected chi connectivity index (χ4v) is 2.73. The molecule has 0 saturated carbocycles. The van der Waals surface area contributed by atoms with Crippen molar-refractivity contribution in [1.29, 1.82) is 0 Å². The first-order chi connectivity index (χ1) is 10.2. The molecule has 1 aromatic carbocycles. The third kappa shape index (κ3) is 2.66. The lowest BCUT2D eigenvalue weighted by Crippen LogP contribution is -2.40. The van der Waals surface area contributed by atoms with E-state index in [4.69, 9.17) is 9.47 Å². The van der Waals surface area contributed by atoms with E-state index in [0.29, 0.717) is 49.7 Å². The number of carbonyl (C=O) groups excluding carboxylic acids is 1. The van der Waals surface area contributed by atoms with Gasteiger partial charge < -0.3 is 19.5 Å². The molecular weight excluding hydrogens is 274 g/mol. The topological polar surface area (TPSA) is 76.1 Å². The van der Waals surface area contributed by atoms with Gasteiger partial charge in [0.2, 0.25) is 0 Å². The lowest BCUT2D eigenvalue weighted by molar-refractivity contribution is -0.141. The zero-order valence-corrected chi connectivity index (χ0v) is 11.6. The second kappa shape index (κ2) is 5.63. The molecule has 21 heavy (non-hydrogen) atoms. The maximum atomic E-state index is 12.5. The molecule has 0 bridgehead atoms. The molecule has 1 aromatic rings. The van der Waals surface area contributed by atoms with Gasteiger partial charge in [-0.15, -0.1) is 0 Å². The summed E-state index contributed by atoms with van der Waals surface area (Å²) in [6.07, 6.45) is 2.02. The van der Waals surface area contributed by atoms with Crippen LogP contribution in [0.1, 0.15) is 29.6 Å². The minimum atomic E-state index is -0.949. The Labute approximate surface area is 122 Å². The maximum Gasteiger partial charge on any atom is 0.326 e. The predicted molar refractivity (Wildman–Crippen MR) is 73.7 cm³/mol. The van der Waals surface area contributed by atoms with E-state index in [1.165, 1.54) is 4.90 Å². The van der Waals surface area contributed by atoms with Crippen LogP contribution in [0, 0.1) is 0 Å². The van der Waals surface area contributed by atoms with Gasteiger partial charge in [-0.2, -0.15) is 0 Å². The fraction of sp³-hybridized carbons (Fsp3) is 0.467. The number of aliphatic carboxylic acids is 1. The third-order valence-corrected chi connectivity index (χ3v) is 3.79. The fourth-order valence-electron chi connectivity index (χ4n) is 2.73. The van der Waals surface area contributed by atoms with E-state index < -0.39 is 12.0 Å². The molecule has 112 valence electrons. The molecule has 6 nitrogen and oxygen atoms in total. The SMILES string of the molecule is O=C(O)[C@H]1CCCN1C(=O)c1ccc2c(c1)OCCCO2. The van der Waals surface area contributed by atoms with Gasteiger partial charge in [0, 0.05) is 18.5 Å². The number of hydrogen-bond donors (Lipinski definition) is 1. The van der Waals surface area contributed by atoms with Gasteiger partial charge in [0.1, 0.15) is 6.04 Å². The highest BCUT2D eigenvalue weighted by molar-refractivity contribution is 5.97. The molecule has 1 atom stereocenters. The van der Waals surface area contributed by atoms with Gasteiger partial charge in [-0.3, -0.25) is 4.79 Å². The first kappa shape index (κ1) is 13.7. The summed E-state index contributed by atoms with van der Waals surface area (Å²) in [6.45, 7) is 1.61. The molecule has 0 unspecified atom stereocenters. The van der Waals surface area contributed by atoms with Crippen LogP contribution in [0.5, 0.6) is 11.5 Å². The minimum absolute atomic E-state index is 0.268. The van der Waals surface area contributed by atoms with E-state index in [-0.39, 0.29) is 5.91 Å². The first-order valence-corrected chi connectivity index (χ1v) is 7.10. The molecule has 0 radical (unpaired) electrons. The van der Waals surface area contributed by atoms with Gasteiger partial charge in [0.15, 0.2) is 11.5 Å². The van der Waals surface area contributed by atoms with E-state index in [1.54, 1.807) is 18.2 Å². The van der Waals surface area contributed by atoms with E-state index in [0.717, 1.165) is 6.42 Å². The summed E-state index contributed by atoms with van der Waals surface area (Å²) >= 11 is 0. The monoisotopic (exact) mass is 291 g/mol. The summed E-state index contributed by atoms with van der Waals surface area (Å²) in [4.78, 5) is 25.1. The zero-order chi connectivity index (χ0) is 14.8. The maximum absolute atomic E-state index is 12.5. The van der Waals surface area contributed by atoms with E-state index >= 15 is 0 Å². The minimum Gasteiger partial charge on any atom is -0.490 e. The molecule has 2 aliphatic rings. The number of hydrogen-bond acceptors (Lipinski definition) is 4. The summed E-state index contributed by atoms with van der Waals surface area (Å²) in [5.41, 5.74) is 0.437. The molecule has 3 rings (SSSR count). The van der Waals surface area contributed by atoms with Crippen LogP contribution in [0.4, 0.5) is 0 Å². The highest BCUT2D eigenvalue weighted by Gasteiger charge is 2.34. The second-order valence-corrected chi connectivity index (χ2v) is 5.21. The van der Waals surface area contributed by atoms with Crippen molar-refractivity contribution < 1.29 is 24.2 Å².